The SMILES string of the molecule is CC(C)(C)C(=O)NN1C[C@@]2(C)[C@H]3CC[C@@]2(C)[C@@]1(C(N)=O)C3. The van der Waals surface area contributed by atoms with E-state index in [1.165, 1.54) is 6.42 Å². The summed E-state index contributed by atoms with van der Waals surface area (Å²) >= 11 is 0. The Morgan fingerprint density at radius 3 is 2.38 bits per heavy atom. The summed E-state index contributed by atoms with van der Waals surface area (Å²) < 4.78 is 0. The minimum Gasteiger partial charge on any atom is -0.368 e. The van der Waals surface area contributed by atoms with Crippen LogP contribution in [-0.4, -0.2) is 28.9 Å². The number of rotatable bonds is 2. The zero-order valence-electron chi connectivity index (χ0n) is 13.7. The van der Waals surface area contributed by atoms with Gasteiger partial charge in [0.15, 0.2) is 0 Å². The zero-order chi connectivity index (χ0) is 15.8. The first kappa shape index (κ1) is 14.8. The number of hydrazine groups is 1. The lowest BCUT2D eigenvalue weighted by Crippen LogP contribution is -2.66. The Hall–Kier alpha value is -1.10. The predicted molar refractivity (Wildman–Crippen MR) is 79.8 cm³/mol. The summed E-state index contributed by atoms with van der Waals surface area (Å²) in [5.41, 5.74) is 7.57. The first-order valence-electron chi connectivity index (χ1n) is 7.88. The number of nitrogens with two attached hydrogens (primary N) is 1. The molecule has 1 saturated heterocycles. The molecule has 1 aliphatic heterocycles. The van der Waals surface area contributed by atoms with Crippen molar-refractivity contribution in [1.29, 1.82) is 0 Å². The number of amides is 2. The maximum absolute atomic E-state index is 12.4. The Kier molecular flexibility index (Phi) is 2.68. The van der Waals surface area contributed by atoms with Gasteiger partial charge in [0.25, 0.3) is 0 Å². The summed E-state index contributed by atoms with van der Waals surface area (Å²) in [6, 6.07) is 0. The van der Waals surface area contributed by atoms with Crippen LogP contribution >= 0.6 is 0 Å². The van der Waals surface area contributed by atoms with Crippen molar-refractivity contribution in [3.8, 4) is 0 Å². The maximum Gasteiger partial charge on any atom is 0.240 e. The molecule has 3 aliphatic rings. The number of carbonyl (C=O) groups excluding carboxylic acids is 2. The van der Waals surface area contributed by atoms with Crippen LogP contribution in [0.3, 0.4) is 0 Å². The van der Waals surface area contributed by atoms with E-state index in [2.05, 4.69) is 19.3 Å². The maximum atomic E-state index is 12.4. The molecule has 3 rings (SSSR count). The van der Waals surface area contributed by atoms with Crippen LogP contribution in [0.2, 0.25) is 0 Å². The van der Waals surface area contributed by atoms with Crippen LogP contribution in [-0.2, 0) is 9.59 Å². The number of carbonyl (C=O) groups is 2. The van der Waals surface area contributed by atoms with Crippen molar-refractivity contribution in [3.05, 3.63) is 0 Å². The van der Waals surface area contributed by atoms with Gasteiger partial charge in [-0.25, -0.2) is 5.01 Å². The Bertz CT molecular complexity index is 526. The number of nitrogens with zero attached hydrogens (tertiary/aromatic N) is 1. The second-order valence-electron chi connectivity index (χ2n) is 8.69. The van der Waals surface area contributed by atoms with Crippen molar-refractivity contribution in [1.82, 2.24) is 10.4 Å². The fraction of sp³-hybridized carbons (Fsp3) is 0.875. The minimum atomic E-state index is -0.717. The summed E-state index contributed by atoms with van der Waals surface area (Å²) in [6.45, 7) is 10.8. The fourth-order valence-corrected chi connectivity index (χ4v) is 5.21. The van der Waals surface area contributed by atoms with Gasteiger partial charge in [-0.1, -0.05) is 34.6 Å². The molecule has 3 N–H and O–H groups in total. The highest BCUT2D eigenvalue weighted by Gasteiger charge is 2.80. The third-order valence-corrected chi connectivity index (χ3v) is 6.88. The summed E-state index contributed by atoms with van der Waals surface area (Å²) in [5, 5.41) is 1.87. The van der Waals surface area contributed by atoms with Crippen LogP contribution in [0.1, 0.15) is 53.9 Å². The minimum absolute atomic E-state index is 0.0567. The molecule has 4 bridgehead atoms. The lowest BCUT2D eigenvalue weighted by molar-refractivity contribution is -0.147. The van der Waals surface area contributed by atoms with Gasteiger partial charge in [0.2, 0.25) is 11.8 Å². The monoisotopic (exact) mass is 293 g/mol. The number of hydrogen-bond acceptors (Lipinski definition) is 3. The average Bonchev–Trinajstić information content (AvgIpc) is 2.78. The molecule has 21 heavy (non-hydrogen) atoms. The van der Waals surface area contributed by atoms with Crippen molar-refractivity contribution >= 4 is 11.8 Å². The smallest absolute Gasteiger partial charge is 0.240 e. The predicted octanol–water partition coefficient (Wildman–Crippen LogP) is 1.43. The number of piperidine rings is 1. The molecule has 0 spiro atoms. The second kappa shape index (κ2) is 3.80. The third-order valence-electron chi connectivity index (χ3n) is 6.88. The molecule has 4 atom stereocenters. The van der Waals surface area contributed by atoms with E-state index >= 15 is 0 Å². The van der Waals surface area contributed by atoms with Crippen molar-refractivity contribution in [2.45, 2.75) is 59.4 Å². The highest BCUT2D eigenvalue weighted by atomic mass is 16.2. The number of primary amides is 1. The summed E-state index contributed by atoms with van der Waals surface area (Å²) in [4.78, 5) is 24.8. The van der Waals surface area contributed by atoms with E-state index in [1.807, 2.05) is 25.8 Å². The number of hydrogen-bond donors (Lipinski definition) is 2. The van der Waals surface area contributed by atoms with Gasteiger partial charge in [0, 0.05) is 17.4 Å². The molecular formula is C16H27N3O2. The fourth-order valence-electron chi connectivity index (χ4n) is 5.21. The van der Waals surface area contributed by atoms with Crippen molar-refractivity contribution in [2.75, 3.05) is 6.54 Å². The lowest BCUT2D eigenvalue weighted by atomic mass is 9.65. The average molecular weight is 293 g/mol. The first-order valence-corrected chi connectivity index (χ1v) is 7.88. The van der Waals surface area contributed by atoms with Gasteiger partial charge >= 0.3 is 0 Å². The van der Waals surface area contributed by atoms with Gasteiger partial charge in [-0.05, 0) is 30.6 Å². The highest BCUT2D eigenvalue weighted by Crippen LogP contribution is 2.75. The van der Waals surface area contributed by atoms with E-state index in [0.29, 0.717) is 5.92 Å². The molecule has 0 aromatic heterocycles. The summed E-state index contributed by atoms with van der Waals surface area (Å²) in [5.74, 6) is 0.196. The third kappa shape index (κ3) is 1.46. The van der Waals surface area contributed by atoms with Gasteiger partial charge in [-0.2, -0.15) is 0 Å². The lowest BCUT2D eigenvalue weighted by Gasteiger charge is -2.46. The van der Waals surface area contributed by atoms with Crippen molar-refractivity contribution < 1.29 is 9.59 Å². The van der Waals surface area contributed by atoms with E-state index in [9.17, 15) is 9.59 Å². The quantitative estimate of drug-likeness (QED) is 0.808. The molecule has 118 valence electrons. The van der Waals surface area contributed by atoms with Crippen LogP contribution in [0.5, 0.6) is 0 Å². The Morgan fingerprint density at radius 1 is 1.29 bits per heavy atom. The van der Waals surface area contributed by atoms with Gasteiger partial charge in [0.05, 0.1) is 0 Å². The molecule has 0 unspecified atom stereocenters. The Balaban J connectivity index is 1.99. The zero-order valence-corrected chi connectivity index (χ0v) is 13.7. The summed E-state index contributed by atoms with van der Waals surface area (Å²) in [6.07, 6.45) is 2.96. The van der Waals surface area contributed by atoms with Gasteiger partial charge in [-0.15, -0.1) is 0 Å². The van der Waals surface area contributed by atoms with E-state index in [4.69, 9.17) is 5.73 Å². The molecule has 0 aromatic carbocycles. The van der Waals surface area contributed by atoms with E-state index in [0.717, 1.165) is 19.4 Å². The molecule has 2 amide bonds. The van der Waals surface area contributed by atoms with Crippen molar-refractivity contribution in [3.63, 3.8) is 0 Å². The molecule has 5 heteroatoms. The van der Waals surface area contributed by atoms with Gasteiger partial charge in [-0.3, -0.25) is 15.0 Å². The van der Waals surface area contributed by atoms with Crippen LogP contribution < -0.4 is 11.2 Å². The normalized spacial score (nSPS) is 45.1. The van der Waals surface area contributed by atoms with E-state index in [-0.39, 0.29) is 22.6 Å². The second-order valence-corrected chi connectivity index (χ2v) is 8.69. The molecule has 0 aromatic rings. The highest BCUT2D eigenvalue weighted by molar-refractivity contribution is 5.89. The molecule has 3 fully saturated rings. The van der Waals surface area contributed by atoms with Gasteiger partial charge in [0.1, 0.15) is 5.54 Å². The molecule has 2 saturated carbocycles. The molecule has 5 nitrogen and oxygen atoms in total. The Morgan fingerprint density at radius 2 is 1.90 bits per heavy atom. The first-order chi connectivity index (χ1) is 9.49. The Labute approximate surface area is 126 Å². The molecule has 1 heterocycles. The standard InChI is InChI=1S/C16H27N3O2/c1-13(2,3)12(21)18-19-9-14(4)10-6-7-15(14,5)16(19,8-10)11(17)20/h10H,6-9H2,1-5H3,(H2,17,20)(H,18,21)/t10-,14-,15+,16-/m0/s1. The number of nitrogens with one attached hydrogen (secondary N) is 1. The molecular weight excluding hydrogens is 266 g/mol. The topological polar surface area (TPSA) is 75.4 Å². The van der Waals surface area contributed by atoms with Gasteiger partial charge < -0.3 is 5.73 Å². The van der Waals surface area contributed by atoms with Crippen LogP contribution in [0.25, 0.3) is 0 Å². The summed E-state index contributed by atoms with van der Waals surface area (Å²) in [7, 11) is 0. The van der Waals surface area contributed by atoms with Crippen molar-refractivity contribution in [2.24, 2.45) is 27.9 Å². The molecule has 0 radical (unpaired) electrons. The van der Waals surface area contributed by atoms with Crippen LogP contribution in [0.4, 0.5) is 0 Å². The van der Waals surface area contributed by atoms with Crippen LogP contribution in [0.15, 0.2) is 0 Å². The van der Waals surface area contributed by atoms with Crippen LogP contribution in [0, 0.1) is 22.2 Å². The molecule has 2 aliphatic carbocycles. The largest absolute Gasteiger partial charge is 0.368 e. The van der Waals surface area contributed by atoms with E-state index < -0.39 is 11.0 Å². The van der Waals surface area contributed by atoms with E-state index in [1.54, 1.807) is 0 Å².